The molecule has 0 N–H and O–H groups in total. The van der Waals surface area contributed by atoms with Gasteiger partial charge < -0.3 is 4.74 Å². The van der Waals surface area contributed by atoms with Crippen LogP contribution in [0.25, 0.3) is 0 Å². The monoisotopic (exact) mass is 168 g/mol. The van der Waals surface area contributed by atoms with Gasteiger partial charge in [-0.05, 0) is 31.3 Å². The zero-order chi connectivity index (χ0) is 8.81. The lowest BCUT2D eigenvalue weighted by Crippen LogP contribution is -2.04. The normalized spacial score (nSPS) is 23.5. The molecule has 1 aliphatic rings. The summed E-state index contributed by atoms with van der Waals surface area (Å²) >= 11 is 0. The van der Waals surface area contributed by atoms with Gasteiger partial charge >= 0.3 is 0 Å². The van der Waals surface area contributed by atoms with Crippen LogP contribution in [0, 0.1) is 5.92 Å². The van der Waals surface area contributed by atoms with Gasteiger partial charge in [-0.15, -0.1) is 0 Å². The molecule has 0 aliphatic heterocycles. The van der Waals surface area contributed by atoms with Crippen molar-refractivity contribution in [1.82, 2.24) is 0 Å². The van der Waals surface area contributed by atoms with Crippen molar-refractivity contribution in [2.24, 2.45) is 5.92 Å². The predicted molar refractivity (Wildman–Crippen MR) is 52.0 cm³/mol. The molecule has 1 unspecified atom stereocenters. The molecule has 1 heteroatoms. The lowest BCUT2D eigenvalue weighted by Gasteiger charge is -2.18. The number of ether oxygens (including phenoxy) is 1. The molecule has 0 radical (unpaired) electrons. The van der Waals surface area contributed by atoms with Crippen molar-refractivity contribution in [3.05, 3.63) is 11.8 Å². The van der Waals surface area contributed by atoms with Crippen molar-refractivity contribution in [2.75, 3.05) is 6.61 Å². The number of hydrogen-bond donors (Lipinski definition) is 0. The third-order valence-corrected chi connectivity index (χ3v) is 2.42. The summed E-state index contributed by atoms with van der Waals surface area (Å²) in [7, 11) is 0. The number of allylic oxidation sites excluding steroid dienone is 2. The molecule has 0 aromatic carbocycles. The Balaban J connectivity index is 2.15. The first kappa shape index (κ1) is 9.63. The van der Waals surface area contributed by atoms with Crippen LogP contribution in [-0.4, -0.2) is 6.61 Å². The van der Waals surface area contributed by atoms with Gasteiger partial charge in [0.05, 0.1) is 12.4 Å². The molecule has 1 rings (SSSR count). The summed E-state index contributed by atoms with van der Waals surface area (Å²) in [6.07, 6.45) is 8.35. The van der Waals surface area contributed by atoms with Crippen molar-refractivity contribution in [2.45, 2.75) is 46.0 Å². The predicted octanol–water partition coefficient (Wildman–Crippen LogP) is 3.51. The van der Waals surface area contributed by atoms with Gasteiger partial charge in [0.2, 0.25) is 0 Å². The summed E-state index contributed by atoms with van der Waals surface area (Å²) in [5, 5.41) is 0. The highest BCUT2D eigenvalue weighted by molar-refractivity contribution is 4.98. The molecule has 0 heterocycles. The highest BCUT2D eigenvalue weighted by atomic mass is 16.5. The lowest BCUT2D eigenvalue weighted by atomic mass is 9.95. The summed E-state index contributed by atoms with van der Waals surface area (Å²) in [5.74, 6) is 2.10. The third-order valence-electron chi connectivity index (χ3n) is 2.42. The van der Waals surface area contributed by atoms with E-state index in [1.807, 2.05) is 0 Å². The number of rotatable bonds is 4. The molecule has 0 amide bonds. The molecule has 0 fully saturated rings. The molecule has 1 atom stereocenters. The van der Waals surface area contributed by atoms with E-state index < -0.39 is 0 Å². The van der Waals surface area contributed by atoms with Gasteiger partial charge in [0.25, 0.3) is 0 Å². The Morgan fingerprint density at radius 1 is 1.58 bits per heavy atom. The highest BCUT2D eigenvalue weighted by Crippen LogP contribution is 2.23. The quantitative estimate of drug-likeness (QED) is 0.584. The molecule has 1 nitrogen and oxygen atoms in total. The van der Waals surface area contributed by atoms with Gasteiger partial charge in [-0.2, -0.15) is 0 Å². The molecule has 1 aliphatic carbocycles. The minimum absolute atomic E-state index is 0.864. The first-order valence-corrected chi connectivity index (χ1v) is 5.14. The van der Waals surface area contributed by atoms with E-state index in [4.69, 9.17) is 4.74 Å². The van der Waals surface area contributed by atoms with E-state index in [0.717, 1.165) is 18.9 Å². The van der Waals surface area contributed by atoms with Gasteiger partial charge in [0.15, 0.2) is 0 Å². The van der Waals surface area contributed by atoms with E-state index >= 15 is 0 Å². The van der Waals surface area contributed by atoms with E-state index in [9.17, 15) is 0 Å². The van der Waals surface area contributed by atoms with Crippen LogP contribution in [-0.2, 0) is 4.74 Å². The first-order valence-electron chi connectivity index (χ1n) is 5.14. The molecule has 0 saturated heterocycles. The number of hydrogen-bond acceptors (Lipinski definition) is 1. The Morgan fingerprint density at radius 2 is 2.42 bits per heavy atom. The number of unbranched alkanes of at least 4 members (excludes halogenated alkanes) is 1. The van der Waals surface area contributed by atoms with Crippen molar-refractivity contribution in [3.63, 3.8) is 0 Å². The fourth-order valence-electron chi connectivity index (χ4n) is 1.42. The van der Waals surface area contributed by atoms with Gasteiger partial charge in [-0.25, -0.2) is 0 Å². The average Bonchev–Trinajstić information content (AvgIpc) is 2.09. The van der Waals surface area contributed by atoms with E-state index in [1.165, 1.54) is 31.4 Å². The lowest BCUT2D eigenvalue weighted by molar-refractivity contribution is 0.186. The Morgan fingerprint density at radius 3 is 3.00 bits per heavy atom. The van der Waals surface area contributed by atoms with Crippen molar-refractivity contribution in [3.8, 4) is 0 Å². The molecular formula is C11H20O. The Labute approximate surface area is 75.8 Å². The van der Waals surface area contributed by atoms with Gasteiger partial charge in [0, 0.05) is 6.42 Å². The largest absolute Gasteiger partial charge is 0.498 e. The van der Waals surface area contributed by atoms with Crippen LogP contribution >= 0.6 is 0 Å². The third kappa shape index (κ3) is 3.29. The Kier molecular flexibility index (Phi) is 4.20. The summed E-state index contributed by atoms with van der Waals surface area (Å²) in [5.41, 5.74) is 0. The van der Waals surface area contributed by atoms with Crippen LogP contribution < -0.4 is 0 Å². The maximum atomic E-state index is 5.63. The molecule has 70 valence electrons. The average molecular weight is 168 g/mol. The Hall–Kier alpha value is -0.460. The second-order valence-electron chi connectivity index (χ2n) is 3.75. The molecule has 0 bridgehead atoms. The van der Waals surface area contributed by atoms with E-state index in [0.29, 0.717) is 0 Å². The molecular weight excluding hydrogens is 148 g/mol. The molecule has 12 heavy (non-hydrogen) atoms. The van der Waals surface area contributed by atoms with Crippen LogP contribution in [0.2, 0.25) is 0 Å². The smallest absolute Gasteiger partial charge is 0.0920 e. The molecule has 0 aromatic rings. The SMILES string of the molecule is CCCCOC1=CCC(C)CC1. The topological polar surface area (TPSA) is 9.23 Å². The van der Waals surface area contributed by atoms with Crippen LogP contribution in [0.4, 0.5) is 0 Å². The van der Waals surface area contributed by atoms with Crippen LogP contribution in [0.5, 0.6) is 0 Å². The van der Waals surface area contributed by atoms with Crippen molar-refractivity contribution < 1.29 is 4.74 Å². The zero-order valence-electron chi connectivity index (χ0n) is 8.31. The molecule has 0 aromatic heterocycles. The van der Waals surface area contributed by atoms with Gasteiger partial charge in [-0.1, -0.05) is 20.3 Å². The van der Waals surface area contributed by atoms with Crippen LogP contribution in [0.15, 0.2) is 11.8 Å². The fraction of sp³-hybridized carbons (Fsp3) is 0.818. The maximum absolute atomic E-state index is 5.63. The summed E-state index contributed by atoms with van der Waals surface area (Å²) in [6, 6.07) is 0. The minimum atomic E-state index is 0.864. The van der Waals surface area contributed by atoms with Gasteiger partial charge in [0.1, 0.15) is 0 Å². The molecule has 0 saturated carbocycles. The van der Waals surface area contributed by atoms with Crippen molar-refractivity contribution >= 4 is 0 Å². The maximum Gasteiger partial charge on any atom is 0.0920 e. The summed E-state index contributed by atoms with van der Waals surface area (Å²) < 4.78 is 5.63. The molecule has 0 spiro atoms. The summed E-state index contributed by atoms with van der Waals surface area (Å²) in [6.45, 7) is 5.41. The van der Waals surface area contributed by atoms with Crippen molar-refractivity contribution in [1.29, 1.82) is 0 Å². The van der Waals surface area contributed by atoms with E-state index in [2.05, 4.69) is 19.9 Å². The summed E-state index contributed by atoms with van der Waals surface area (Å²) in [4.78, 5) is 0. The van der Waals surface area contributed by atoms with E-state index in [-0.39, 0.29) is 0 Å². The second kappa shape index (κ2) is 5.23. The van der Waals surface area contributed by atoms with Crippen LogP contribution in [0.1, 0.15) is 46.0 Å². The second-order valence-corrected chi connectivity index (χ2v) is 3.75. The van der Waals surface area contributed by atoms with Crippen LogP contribution in [0.3, 0.4) is 0 Å². The highest BCUT2D eigenvalue weighted by Gasteiger charge is 2.09. The standard InChI is InChI=1S/C11H20O/c1-3-4-9-12-11-7-5-10(2)6-8-11/h7,10H,3-6,8-9H2,1-2H3. The fourth-order valence-corrected chi connectivity index (χ4v) is 1.42. The zero-order valence-corrected chi connectivity index (χ0v) is 8.31. The first-order chi connectivity index (χ1) is 5.83. The van der Waals surface area contributed by atoms with Gasteiger partial charge in [-0.3, -0.25) is 0 Å². The Bertz CT molecular complexity index is 149. The minimum Gasteiger partial charge on any atom is -0.498 e. The van der Waals surface area contributed by atoms with E-state index in [1.54, 1.807) is 0 Å².